The Morgan fingerprint density at radius 1 is 1.62 bits per heavy atom. The average Bonchev–Trinajstić information content (AvgIpc) is 2.28. The highest BCUT2D eigenvalue weighted by Gasteiger charge is 2.18. The van der Waals surface area contributed by atoms with Crippen LogP contribution in [0.1, 0.15) is 5.69 Å². The molecule has 2 N–H and O–H groups in total. The van der Waals surface area contributed by atoms with Crippen molar-refractivity contribution in [2.75, 3.05) is 38.5 Å². The molecule has 0 bridgehead atoms. The maximum Gasteiger partial charge on any atom is 0.222 e. The highest BCUT2D eigenvalue weighted by atomic mass is 15.2. The smallest absolute Gasteiger partial charge is 0.222 e. The molecule has 0 saturated carbocycles. The minimum absolute atomic E-state index is 0.512. The first-order valence-corrected chi connectivity index (χ1v) is 5.70. The number of anilines is 1. The Morgan fingerprint density at radius 3 is 3.25 bits per heavy atom. The normalized spacial score (nSPS) is 22.0. The van der Waals surface area contributed by atoms with Crippen molar-refractivity contribution in [2.45, 2.75) is 13.0 Å². The maximum absolute atomic E-state index is 4.32. The molecule has 88 valence electrons. The van der Waals surface area contributed by atoms with E-state index in [1.807, 2.05) is 13.0 Å². The summed E-state index contributed by atoms with van der Waals surface area (Å²) in [6, 6.07) is 2.41. The number of hydrogen-bond acceptors (Lipinski definition) is 5. The van der Waals surface area contributed by atoms with Gasteiger partial charge in [0.2, 0.25) is 5.95 Å². The summed E-state index contributed by atoms with van der Waals surface area (Å²) in [7, 11) is 2.16. The number of aromatic nitrogens is 2. The molecule has 2 rings (SSSR count). The highest BCUT2D eigenvalue weighted by molar-refractivity contribution is 5.25. The fourth-order valence-corrected chi connectivity index (χ4v) is 1.83. The third-order valence-corrected chi connectivity index (χ3v) is 2.94. The second kappa shape index (κ2) is 5.23. The van der Waals surface area contributed by atoms with Crippen LogP contribution in [0.15, 0.2) is 12.3 Å². The molecule has 1 fully saturated rings. The standard InChI is InChI=1S/C11H19N5/c1-9-3-4-13-11(15-9)14-8-10-7-12-5-6-16(10)2/h3-4,10,12H,5-8H2,1-2H3,(H,13,14,15). The van der Waals surface area contributed by atoms with Crippen molar-refractivity contribution in [2.24, 2.45) is 0 Å². The van der Waals surface area contributed by atoms with Crippen LogP contribution in [-0.2, 0) is 0 Å². The predicted molar refractivity (Wildman–Crippen MR) is 64.5 cm³/mol. The van der Waals surface area contributed by atoms with Gasteiger partial charge >= 0.3 is 0 Å². The van der Waals surface area contributed by atoms with Crippen LogP contribution in [-0.4, -0.2) is 54.1 Å². The molecule has 16 heavy (non-hydrogen) atoms. The van der Waals surface area contributed by atoms with E-state index >= 15 is 0 Å². The summed E-state index contributed by atoms with van der Waals surface area (Å²) in [5.41, 5.74) is 0.993. The minimum atomic E-state index is 0.512. The van der Waals surface area contributed by atoms with Gasteiger partial charge in [0.05, 0.1) is 0 Å². The maximum atomic E-state index is 4.32. The van der Waals surface area contributed by atoms with Gasteiger partial charge in [0.25, 0.3) is 0 Å². The molecule has 0 spiro atoms. The lowest BCUT2D eigenvalue weighted by atomic mass is 10.2. The van der Waals surface area contributed by atoms with E-state index in [-0.39, 0.29) is 0 Å². The molecule has 0 amide bonds. The third-order valence-electron chi connectivity index (χ3n) is 2.94. The largest absolute Gasteiger partial charge is 0.353 e. The molecule has 0 radical (unpaired) electrons. The lowest BCUT2D eigenvalue weighted by Gasteiger charge is -2.33. The van der Waals surface area contributed by atoms with Gasteiger partial charge in [-0.05, 0) is 20.0 Å². The van der Waals surface area contributed by atoms with Crippen LogP contribution in [0.3, 0.4) is 0 Å². The molecule has 1 aliphatic heterocycles. The van der Waals surface area contributed by atoms with Crippen LogP contribution >= 0.6 is 0 Å². The number of piperazine rings is 1. The summed E-state index contributed by atoms with van der Waals surface area (Å²) >= 11 is 0. The van der Waals surface area contributed by atoms with Crippen molar-refractivity contribution in [3.05, 3.63) is 18.0 Å². The number of aryl methyl sites for hydroxylation is 1. The molecular formula is C11H19N5. The molecule has 5 nitrogen and oxygen atoms in total. The van der Waals surface area contributed by atoms with Crippen LogP contribution in [0.5, 0.6) is 0 Å². The lowest BCUT2D eigenvalue weighted by molar-refractivity contribution is 0.209. The highest BCUT2D eigenvalue weighted by Crippen LogP contribution is 2.03. The third kappa shape index (κ3) is 2.90. The van der Waals surface area contributed by atoms with E-state index in [1.54, 1.807) is 6.20 Å². The molecule has 1 aliphatic rings. The van der Waals surface area contributed by atoms with Crippen molar-refractivity contribution in [1.82, 2.24) is 20.2 Å². The minimum Gasteiger partial charge on any atom is -0.353 e. The van der Waals surface area contributed by atoms with Crippen LogP contribution < -0.4 is 10.6 Å². The number of hydrogen-bond donors (Lipinski definition) is 2. The fraction of sp³-hybridized carbons (Fsp3) is 0.636. The Bertz CT molecular complexity index is 341. The molecule has 1 atom stereocenters. The fourth-order valence-electron chi connectivity index (χ4n) is 1.83. The van der Waals surface area contributed by atoms with Gasteiger partial charge in [-0.25, -0.2) is 9.97 Å². The Hall–Kier alpha value is -1.20. The lowest BCUT2D eigenvalue weighted by Crippen LogP contribution is -2.52. The molecular weight excluding hydrogens is 202 g/mol. The van der Waals surface area contributed by atoms with Crippen molar-refractivity contribution < 1.29 is 0 Å². The SMILES string of the molecule is Cc1ccnc(NCC2CNCCN2C)n1. The summed E-state index contributed by atoms with van der Waals surface area (Å²) in [5.74, 6) is 0.721. The monoisotopic (exact) mass is 221 g/mol. The zero-order valence-electron chi connectivity index (χ0n) is 9.90. The molecule has 0 aromatic carbocycles. The Kier molecular flexibility index (Phi) is 3.69. The van der Waals surface area contributed by atoms with Gasteiger partial charge in [-0.2, -0.15) is 0 Å². The van der Waals surface area contributed by atoms with E-state index < -0.39 is 0 Å². The van der Waals surface area contributed by atoms with E-state index in [0.717, 1.165) is 37.8 Å². The van der Waals surface area contributed by atoms with Crippen molar-refractivity contribution >= 4 is 5.95 Å². The molecule has 2 heterocycles. The van der Waals surface area contributed by atoms with Gasteiger partial charge in [0.1, 0.15) is 0 Å². The van der Waals surface area contributed by atoms with Gasteiger partial charge in [-0.1, -0.05) is 0 Å². The topological polar surface area (TPSA) is 53.1 Å². The molecule has 1 aromatic heterocycles. The van der Waals surface area contributed by atoms with Crippen LogP contribution in [0.25, 0.3) is 0 Å². The molecule has 5 heteroatoms. The van der Waals surface area contributed by atoms with Crippen LogP contribution in [0.2, 0.25) is 0 Å². The van der Waals surface area contributed by atoms with Gasteiger partial charge < -0.3 is 10.6 Å². The summed E-state index contributed by atoms with van der Waals surface area (Å²) in [6.45, 7) is 6.05. The molecule has 1 saturated heterocycles. The quantitative estimate of drug-likeness (QED) is 0.758. The Morgan fingerprint density at radius 2 is 2.50 bits per heavy atom. The van der Waals surface area contributed by atoms with Crippen molar-refractivity contribution in [3.8, 4) is 0 Å². The van der Waals surface area contributed by atoms with Gasteiger partial charge in [0, 0.05) is 44.1 Å². The molecule has 1 unspecified atom stereocenters. The van der Waals surface area contributed by atoms with E-state index in [4.69, 9.17) is 0 Å². The Balaban J connectivity index is 1.86. The van der Waals surface area contributed by atoms with E-state index in [9.17, 15) is 0 Å². The summed E-state index contributed by atoms with van der Waals surface area (Å²) < 4.78 is 0. The van der Waals surface area contributed by atoms with Crippen molar-refractivity contribution in [1.29, 1.82) is 0 Å². The van der Waals surface area contributed by atoms with Gasteiger partial charge in [0.15, 0.2) is 0 Å². The van der Waals surface area contributed by atoms with Crippen molar-refractivity contribution in [3.63, 3.8) is 0 Å². The second-order valence-electron chi connectivity index (χ2n) is 4.24. The number of rotatable bonds is 3. The van der Waals surface area contributed by atoms with E-state index in [1.165, 1.54) is 0 Å². The zero-order valence-corrected chi connectivity index (χ0v) is 9.90. The Labute approximate surface area is 96.3 Å². The summed E-state index contributed by atoms with van der Waals surface area (Å²) in [5, 5.41) is 6.67. The summed E-state index contributed by atoms with van der Waals surface area (Å²) in [4.78, 5) is 10.9. The number of nitrogens with zero attached hydrogens (tertiary/aromatic N) is 3. The molecule has 1 aromatic rings. The number of nitrogens with one attached hydrogen (secondary N) is 2. The first-order chi connectivity index (χ1) is 7.75. The first kappa shape index (κ1) is 11.3. The van der Waals surface area contributed by atoms with Gasteiger partial charge in [-0.15, -0.1) is 0 Å². The van der Waals surface area contributed by atoms with Gasteiger partial charge in [-0.3, -0.25) is 4.90 Å². The number of likely N-dealkylation sites (N-methyl/N-ethyl adjacent to an activating group) is 1. The molecule has 0 aliphatic carbocycles. The first-order valence-electron chi connectivity index (χ1n) is 5.70. The van der Waals surface area contributed by atoms with Crippen LogP contribution in [0, 0.1) is 6.92 Å². The zero-order chi connectivity index (χ0) is 11.4. The van der Waals surface area contributed by atoms with Crippen LogP contribution in [0.4, 0.5) is 5.95 Å². The van der Waals surface area contributed by atoms with E-state index in [0.29, 0.717) is 6.04 Å². The summed E-state index contributed by atoms with van der Waals surface area (Å²) in [6.07, 6.45) is 1.79. The second-order valence-corrected chi connectivity index (χ2v) is 4.24. The van der Waals surface area contributed by atoms with E-state index in [2.05, 4.69) is 32.5 Å². The predicted octanol–water partition coefficient (Wildman–Crippen LogP) is 0.101. The average molecular weight is 221 g/mol.